The normalized spacial score (nSPS) is 15.4. The molecule has 1 aliphatic rings. The Morgan fingerprint density at radius 3 is 1.97 bits per heavy atom. The predicted molar refractivity (Wildman–Crippen MR) is 117 cm³/mol. The summed E-state index contributed by atoms with van der Waals surface area (Å²) >= 11 is 0. The van der Waals surface area contributed by atoms with Crippen LogP contribution in [0.25, 0.3) is 0 Å². The van der Waals surface area contributed by atoms with Gasteiger partial charge in [0, 0.05) is 17.0 Å². The highest BCUT2D eigenvalue weighted by Gasteiger charge is 2.25. The number of para-hydroxylation sites is 2. The maximum atomic E-state index is 12.3. The highest BCUT2D eigenvalue weighted by atomic mass is 16.3. The van der Waals surface area contributed by atoms with Crippen LogP contribution in [-0.2, 0) is 9.59 Å². The molecule has 0 unspecified atom stereocenters. The van der Waals surface area contributed by atoms with Crippen LogP contribution in [0.5, 0.6) is 11.5 Å². The molecule has 2 aromatic carbocycles. The summed E-state index contributed by atoms with van der Waals surface area (Å²) in [5.41, 5.74) is 6.00. The monoisotopic (exact) mass is 423 g/mol. The van der Waals surface area contributed by atoms with E-state index in [9.17, 15) is 19.8 Å². The summed E-state index contributed by atoms with van der Waals surface area (Å²) < 4.78 is 0. The molecule has 31 heavy (non-hydrogen) atoms. The van der Waals surface area contributed by atoms with Crippen LogP contribution in [-0.4, -0.2) is 59.0 Å². The molecular weight excluding hydrogens is 398 g/mol. The molecule has 1 heterocycles. The van der Waals surface area contributed by atoms with E-state index in [0.29, 0.717) is 37.1 Å². The molecule has 1 aliphatic heterocycles. The summed E-state index contributed by atoms with van der Waals surface area (Å²) in [5, 5.41) is 27.1. The Bertz CT molecular complexity index is 968. The van der Waals surface area contributed by atoms with Gasteiger partial charge in [-0.25, -0.2) is 10.9 Å². The minimum atomic E-state index is -0.262. The van der Waals surface area contributed by atoms with Crippen LogP contribution >= 0.6 is 0 Å². The molecule has 0 bridgehead atoms. The third-order valence-electron chi connectivity index (χ3n) is 4.97. The number of nitrogens with zero attached hydrogens (tertiary/aromatic N) is 3. The van der Waals surface area contributed by atoms with E-state index >= 15 is 0 Å². The Balaban J connectivity index is 1.38. The SMILES string of the molecule is O=C(CN1CCC(C(=O)NN=Cc2ccccc2O)CC1)NN=Cc1ccccc1O. The van der Waals surface area contributed by atoms with E-state index in [-0.39, 0.29) is 35.8 Å². The molecule has 9 nitrogen and oxygen atoms in total. The minimum Gasteiger partial charge on any atom is -0.507 e. The predicted octanol–water partition coefficient (Wildman–Crippen LogP) is 1.41. The van der Waals surface area contributed by atoms with Gasteiger partial charge in [0.15, 0.2) is 0 Å². The van der Waals surface area contributed by atoms with E-state index in [4.69, 9.17) is 0 Å². The fraction of sp³-hybridized carbons (Fsp3) is 0.273. The van der Waals surface area contributed by atoms with E-state index in [1.807, 2.05) is 4.90 Å². The second-order valence-corrected chi connectivity index (χ2v) is 7.20. The van der Waals surface area contributed by atoms with Gasteiger partial charge in [-0.2, -0.15) is 10.2 Å². The number of phenols is 2. The van der Waals surface area contributed by atoms with Gasteiger partial charge in [0.1, 0.15) is 11.5 Å². The zero-order chi connectivity index (χ0) is 22.1. The van der Waals surface area contributed by atoms with Gasteiger partial charge in [0.25, 0.3) is 5.91 Å². The minimum absolute atomic E-state index is 0.0887. The molecule has 3 rings (SSSR count). The van der Waals surface area contributed by atoms with Crippen molar-refractivity contribution in [2.75, 3.05) is 19.6 Å². The maximum absolute atomic E-state index is 12.3. The third-order valence-corrected chi connectivity index (χ3v) is 4.97. The molecule has 0 spiro atoms. The number of carbonyl (C=O) groups is 2. The first-order valence-electron chi connectivity index (χ1n) is 9.96. The first-order chi connectivity index (χ1) is 15.0. The van der Waals surface area contributed by atoms with Gasteiger partial charge in [-0.1, -0.05) is 24.3 Å². The van der Waals surface area contributed by atoms with E-state index in [1.165, 1.54) is 12.4 Å². The summed E-state index contributed by atoms with van der Waals surface area (Å²) in [6.45, 7) is 1.40. The van der Waals surface area contributed by atoms with Crippen LogP contribution in [0, 0.1) is 5.92 Å². The van der Waals surface area contributed by atoms with Crippen molar-refractivity contribution in [3.63, 3.8) is 0 Å². The van der Waals surface area contributed by atoms with Crippen molar-refractivity contribution in [1.82, 2.24) is 15.8 Å². The number of piperidine rings is 1. The van der Waals surface area contributed by atoms with Crippen LogP contribution in [0.2, 0.25) is 0 Å². The first kappa shape index (κ1) is 22.0. The lowest BCUT2D eigenvalue weighted by atomic mass is 9.96. The molecule has 4 N–H and O–H groups in total. The molecule has 2 aromatic rings. The zero-order valence-electron chi connectivity index (χ0n) is 16.9. The van der Waals surface area contributed by atoms with Crippen molar-refractivity contribution >= 4 is 24.2 Å². The van der Waals surface area contributed by atoms with Crippen LogP contribution in [0.3, 0.4) is 0 Å². The van der Waals surface area contributed by atoms with Crippen molar-refractivity contribution in [3.8, 4) is 11.5 Å². The van der Waals surface area contributed by atoms with E-state index in [0.717, 1.165) is 0 Å². The topological polar surface area (TPSA) is 127 Å². The molecule has 2 amide bonds. The van der Waals surface area contributed by atoms with E-state index in [2.05, 4.69) is 21.1 Å². The van der Waals surface area contributed by atoms with Crippen molar-refractivity contribution in [3.05, 3.63) is 59.7 Å². The number of phenolic OH excluding ortho intramolecular Hbond substituents is 2. The van der Waals surface area contributed by atoms with Gasteiger partial charge in [0.2, 0.25) is 5.91 Å². The van der Waals surface area contributed by atoms with Gasteiger partial charge in [-0.05, 0) is 50.2 Å². The number of hydrazone groups is 2. The van der Waals surface area contributed by atoms with Crippen LogP contribution in [0.4, 0.5) is 0 Å². The quantitative estimate of drug-likeness (QED) is 0.396. The van der Waals surface area contributed by atoms with Gasteiger partial charge in [-0.3, -0.25) is 14.5 Å². The van der Waals surface area contributed by atoms with E-state index < -0.39 is 0 Å². The first-order valence-corrected chi connectivity index (χ1v) is 9.96. The standard InChI is InChI=1S/C22H25N5O4/c28-19-7-3-1-5-17(19)13-23-25-21(30)15-27-11-9-16(10-12-27)22(31)26-24-14-18-6-2-4-8-20(18)29/h1-8,13-14,16,28-29H,9-12,15H2,(H,25,30)(H,26,31). The van der Waals surface area contributed by atoms with Crippen molar-refractivity contribution in [1.29, 1.82) is 0 Å². The Labute approximate surface area is 180 Å². The fourth-order valence-corrected chi connectivity index (χ4v) is 3.22. The fourth-order valence-electron chi connectivity index (χ4n) is 3.22. The Morgan fingerprint density at radius 1 is 0.903 bits per heavy atom. The highest BCUT2D eigenvalue weighted by molar-refractivity contribution is 5.86. The Morgan fingerprint density at radius 2 is 1.42 bits per heavy atom. The molecule has 1 fully saturated rings. The van der Waals surface area contributed by atoms with Gasteiger partial charge in [-0.15, -0.1) is 0 Å². The number of hydrogen-bond acceptors (Lipinski definition) is 7. The maximum Gasteiger partial charge on any atom is 0.254 e. The zero-order valence-corrected chi connectivity index (χ0v) is 16.9. The Hall–Kier alpha value is -3.72. The molecule has 0 saturated carbocycles. The molecule has 1 saturated heterocycles. The van der Waals surface area contributed by atoms with Gasteiger partial charge in [0.05, 0.1) is 19.0 Å². The molecular formula is C22H25N5O4. The summed E-state index contributed by atoms with van der Waals surface area (Å²) in [7, 11) is 0. The van der Waals surface area contributed by atoms with Crippen LogP contribution in [0.1, 0.15) is 24.0 Å². The van der Waals surface area contributed by atoms with Gasteiger partial charge < -0.3 is 10.2 Å². The van der Waals surface area contributed by atoms with Crippen LogP contribution < -0.4 is 10.9 Å². The number of carbonyl (C=O) groups excluding carboxylic acids is 2. The average Bonchev–Trinajstić information content (AvgIpc) is 2.77. The lowest BCUT2D eigenvalue weighted by Gasteiger charge is -2.30. The van der Waals surface area contributed by atoms with Crippen LogP contribution in [0.15, 0.2) is 58.7 Å². The lowest BCUT2D eigenvalue weighted by Crippen LogP contribution is -2.43. The molecule has 0 radical (unpaired) electrons. The lowest BCUT2D eigenvalue weighted by molar-refractivity contribution is -0.126. The summed E-state index contributed by atoms with van der Waals surface area (Å²) in [4.78, 5) is 26.3. The molecule has 0 atom stereocenters. The molecule has 162 valence electrons. The number of amides is 2. The Kier molecular flexibility index (Phi) is 7.72. The average molecular weight is 423 g/mol. The smallest absolute Gasteiger partial charge is 0.254 e. The van der Waals surface area contributed by atoms with Gasteiger partial charge >= 0.3 is 0 Å². The summed E-state index contributed by atoms with van der Waals surface area (Å²) in [5.74, 6) is -0.437. The summed E-state index contributed by atoms with van der Waals surface area (Å²) in [6.07, 6.45) is 4.03. The van der Waals surface area contributed by atoms with Crippen molar-refractivity contribution in [2.24, 2.45) is 16.1 Å². The third kappa shape index (κ3) is 6.65. The second-order valence-electron chi connectivity index (χ2n) is 7.20. The molecule has 0 aliphatic carbocycles. The number of aromatic hydroxyl groups is 2. The number of likely N-dealkylation sites (tertiary alicyclic amines) is 1. The van der Waals surface area contributed by atoms with E-state index in [1.54, 1.807) is 48.5 Å². The molecule has 9 heteroatoms. The van der Waals surface area contributed by atoms with Crippen molar-refractivity contribution < 1.29 is 19.8 Å². The number of hydrogen-bond donors (Lipinski definition) is 4. The van der Waals surface area contributed by atoms with Crippen molar-refractivity contribution in [2.45, 2.75) is 12.8 Å². The second kappa shape index (κ2) is 10.9. The summed E-state index contributed by atoms with van der Waals surface area (Å²) in [6, 6.07) is 13.4. The largest absolute Gasteiger partial charge is 0.507 e. The molecule has 0 aromatic heterocycles. The number of rotatable bonds is 7. The number of benzene rings is 2. The number of nitrogens with one attached hydrogen (secondary N) is 2. The highest BCUT2D eigenvalue weighted by Crippen LogP contribution is 2.17.